The molecule has 1 aliphatic heterocycles. The molecule has 1 aliphatic rings. The Kier molecular flexibility index (Phi) is 1.91. The van der Waals surface area contributed by atoms with Gasteiger partial charge < -0.3 is 10.1 Å². The maximum atomic E-state index is 12.6. The minimum absolute atomic E-state index is 0.314. The molecule has 1 aromatic heterocycles. The molecule has 2 heterocycles. The fourth-order valence-corrected chi connectivity index (χ4v) is 1.05. The summed E-state index contributed by atoms with van der Waals surface area (Å²) in [5.74, 6) is -0.319. The van der Waals surface area contributed by atoms with Crippen LogP contribution in [-0.4, -0.2) is 24.2 Å². The van der Waals surface area contributed by atoms with Crippen LogP contribution in [0.5, 0.6) is 0 Å². The molecule has 1 N–H and O–H groups in total. The molecule has 1 fully saturated rings. The number of hydrogen-bond acceptors (Lipinski definition) is 3. The van der Waals surface area contributed by atoms with E-state index >= 15 is 0 Å². The molecule has 0 spiro atoms. The van der Waals surface area contributed by atoms with Crippen LogP contribution in [0.4, 0.5) is 10.1 Å². The SMILES string of the molecule is Fc1cncc(NC2COC2)c1. The van der Waals surface area contributed by atoms with E-state index in [2.05, 4.69) is 10.3 Å². The molecule has 3 nitrogen and oxygen atoms in total. The molecule has 64 valence electrons. The third kappa shape index (κ3) is 1.53. The first-order valence-electron chi connectivity index (χ1n) is 3.79. The highest BCUT2D eigenvalue weighted by atomic mass is 19.1. The van der Waals surface area contributed by atoms with E-state index in [1.54, 1.807) is 6.20 Å². The van der Waals surface area contributed by atoms with Crippen LogP contribution in [0.15, 0.2) is 18.5 Å². The van der Waals surface area contributed by atoms with E-state index in [4.69, 9.17) is 4.74 Å². The van der Waals surface area contributed by atoms with Crippen molar-refractivity contribution in [1.29, 1.82) is 0 Å². The lowest BCUT2D eigenvalue weighted by atomic mass is 10.2. The van der Waals surface area contributed by atoms with Crippen molar-refractivity contribution >= 4 is 5.69 Å². The lowest BCUT2D eigenvalue weighted by Crippen LogP contribution is -2.40. The highest BCUT2D eigenvalue weighted by Crippen LogP contribution is 2.11. The fraction of sp³-hybridized carbons (Fsp3) is 0.375. The summed E-state index contributed by atoms with van der Waals surface area (Å²) < 4.78 is 17.6. The third-order valence-electron chi connectivity index (χ3n) is 1.71. The van der Waals surface area contributed by atoms with Crippen molar-refractivity contribution in [2.45, 2.75) is 6.04 Å². The van der Waals surface area contributed by atoms with Crippen LogP contribution >= 0.6 is 0 Å². The quantitative estimate of drug-likeness (QED) is 0.716. The van der Waals surface area contributed by atoms with Crippen LogP contribution in [0.25, 0.3) is 0 Å². The van der Waals surface area contributed by atoms with Crippen LogP contribution in [0.2, 0.25) is 0 Å². The van der Waals surface area contributed by atoms with Crippen molar-refractivity contribution in [2.24, 2.45) is 0 Å². The summed E-state index contributed by atoms with van der Waals surface area (Å²) in [4.78, 5) is 3.72. The number of anilines is 1. The average molecular weight is 168 g/mol. The average Bonchev–Trinajstić information content (AvgIpc) is 1.97. The van der Waals surface area contributed by atoms with E-state index in [1.807, 2.05) is 0 Å². The molecular formula is C8H9FN2O. The Labute approximate surface area is 69.6 Å². The highest BCUT2D eigenvalue weighted by molar-refractivity contribution is 5.41. The summed E-state index contributed by atoms with van der Waals surface area (Å²) in [7, 11) is 0. The number of nitrogens with zero attached hydrogens (tertiary/aromatic N) is 1. The number of pyridine rings is 1. The zero-order valence-electron chi connectivity index (χ0n) is 6.46. The summed E-state index contributed by atoms with van der Waals surface area (Å²) in [5, 5.41) is 3.09. The second-order valence-electron chi connectivity index (χ2n) is 2.77. The van der Waals surface area contributed by atoms with Crippen molar-refractivity contribution < 1.29 is 9.13 Å². The van der Waals surface area contributed by atoms with Crippen LogP contribution in [0.3, 0.4) is 0 Å². The topological polar surface area (TPSA) is 34.2 Å². The van der Waals surface area contributed by atoms with Gasteiger partial charge in [0.1, 0.15) is 5.82 Å². The summed E-state index contributed by atoms with van der Waals surface area (Å²) in [6.07, 6.45) is 2.78. The number of rotatable bonds is 2. The van der Waals surface area contributed by atoms with Gasteiger partial charge in [0.05, 0.1) is 37.3 Å². The molecule has 0 radical (unpaired) electrons. The molecule has 2 rings (SSSR count). The maximum Gasteiger partial charge on any atom is 0.143 e. The lowest BCUT2D eigenvalue weighted by molar-refractivity contribution is 0.0211. The molecule has 1 saturated heterocycles. The Morgan fingerprint density at radius 1 is 1.50 bits per heavy atom. The summed E-state index contributed by atoms with van der Waals surface area (Å²) >= 11 is 0. The molecule has 0 aliphatic carbocycles. The minimum Gasteiger partial charge on any atom is -0.377 e. The van der Waals surface area contributed by atoms with Gasteiger partial charge in [0.25, 0.3) is 0 Å². The molecule has 0 amide bonds. The minimum atomic E-state index is -0.319. The van der Waals surface area contributed by atoms with Gasteiger partial charge in [0, 0.05) is 6.07 Å². The van der Waals surface area contributed by atoms with Gasteiger partial charge in [-0.3, -0.25) is 4.98 Å². The van der Waals surface area contributed by atoms with E-state index in [9.17, 15) is 4.39 Å². The number of halogens is 1. The number of ether oxygens (including phenoxy) is 1. The van der Waals surface area contributed by atoms with Crippen LogP contribution < -0.4 is 5.32 Å². The van der Waals surface area contributed by atoms with Gasteiger partial charge >= 0.3 is 0 Å². The van der Waals surface area contributed by atoms with Gasteiger partial charge in [0.15, 0.2) is 0 Å². The van der Waals surface area contributed by atoms with Gasteiger partial charge in [-0.15, -0.1) is 0 Å². The molecule has 0 saturated carbocycles. The molecule has 0 bridgehead atoms. The summed E-state index contributed by atoms with van der Waals surface area (Å²) in [6.45, 7) is 1.38. The summed E-state index contributed by atoms with van der Waals surface area (Å²) in [5.41, 5.74) is 0.711. The highest BCUT2D eigenvalue weighted by Gasteiger charge is 2.17. The largest absolute Gasteiger partial charge is 0.377 e. The second-order valence-corrected chi connectivity index (χ2v) is 2.77. The Balaban J connectivity index is 2.02. The number of nitrogens with one attached hydrogen (secondary N) is 1. The van der Waals surface area contributed by atoms with Crippen molar-refractivity contribution in [3.05, 3.63) is 24.3 Å². The molecule has 0 atom stereocenters. The van der Waals surface area contributed by atoms with E-state index in [0.29, 0.717) is 24.9 Å². The van der Waals surface area contributed by atoms with Crippen molar-refractivity contribution in [2.75, 3.05) is 18.5 Å². The van der Waals surface area contributed by atoms with E-state index < -0.39 is 0 Å². The van der Waals surface area contributed by atoms with E-state index in [-0.39, 0.29) is 5.82 Å². The van der Waals surface area contributed by atoms with E-state index in [1.165, 1.54) is 12.3 Å². The Bertz CT molecular complexity index is 276. The molecule has 0 unspecified atom stereocenters. The molecule has 12 heavy (non-hydrogen) atoms. The smallest absolute Gasteiger partial charge is 0.143 e. The summed E-state index contributed by atoms with van der Waals surface area (Å²) in [6, 6.07) is 1.74. The van der Waals surface area contributed by atoms with Gasteiger partial charge in [-0.1, -0.05) is 0 Å². The lowest BCUT2D eigenvalue weighted by Gasteiger charge is -2.27. The fourth-order valence-electron chi connectivity index (χ4n) is 1.05. The first-order valence-corrected chi connectivity index (χ1v) is 3.79. The van der Waals surface area contributed by atoms with Crippen molar-refractivity contribution in [3.8, 4) is 0 Å². The standard InChI is InChI=1S/C8H9FN2O/c9-6-1-7(3-10-2-6)11-8-4-12-5-8/h1-3,8,11H,4-5H2. The zero-order valence-corrected chi connectivity index (χ0v) is 6.46. The maximum absolute atomic E-state index is 12.6. The first-order chi connectivity index (χ1) is 5.84. The molecule has 0 aromatic carbocycles. The zero-order chi connectivity index (χ0) is 8.39. The molecule has 4 heteroatoms. The predicted molar refractivity (Wildman–Crippen MR) is 42.4 cm³/mol. The van der Waals surface area contributed by atoms with E-state index in [0.717, 1.165) is 0 Å². The van der Waals surface area contributed by atoms with Gasteiger partial charge in [-0.05, 0) is 0 Å². The molecular weight excluding hydrogens is 159 g/mol. The van der Waals surface area contributed by atoms with Crippen molar-refractivity contribution in [1.82, 2.24) is 4.98 Å². The normalized spacial score (nSPS) is 17.1. The van der Waals surface area contributed by atoms with Crippen LogP contribution in [0.1, 0.15) is 0 Å². The monoisotopic (exact) mass is 168 g/mol. The molecule has 1 aromatic rings. The number of aromatic nitrogens is 1. The van der Waals surface area contributed by atoms with Gasteiger partial charge in [-0.2, -0.15) is 0 Å². The first kappa shape index (κ1) is 7.49. The predicted octanol–water partition coefficient (Wildman–Crippen LogP) is 1.03. The van der Waals surface area contributed by atoms with Crippen LogP contribution in [0, 0.1) is 5.82 Å². The Morgan fingerprint density at radius 2 is 2.33 bits per heavy atom. The Hall–Kier alpha value is -1.16. The van der Waals surface area contributed by atoms with Gasteiger partial charge in [-0.25, -0.2) is 4.39 Å². The van der Waals surface area contributed by atoms with Crippen molar-refractivity contribution in [3.63, 3.8) is 0 Å². The second kappa shape index (κ2) is 3.06. The Morgan fingerprint density at radius 3 is 2.92 bits per heavy atom. The third-order valence-corrected chi connectivity index (χ3v) is 1.71. The van der Waals surface area contributed by atoms with Crippen LogP contribution in [-0.2, 0) is 4.74 Å². The number of hydrogen-bond donors (Lipinski definition) is 1. The van der Waals surface area contributed by atoms with Gasteiger partial charge in [0.2, 0.25) is 0 Å².